The predicted molar refractivity (Wildman–Crippen MR) is 77.6 cm³/mol. The van der Waals surface area contributed by atoms with Crippen LogP contribution in [0.2, 0.25) is 0 Å². The van der Waals surface area contributed by atoms with Crippen molar-refractivity contribution in [3.63, 3.8) is 0 Å². The quantitative estimate of drug-likeness (QED) is 0.859. The zero-order valence-electron chi connectivity index (χ0n) is 11.1. The first-order valence-corrected chi connectivity index (χ1v) is 6.72. The molecule has 0 aromatic heterocycles. The van der Waals surface area contributed by atoms with Gasteiger partial charge in [0, 0.05) is 12.6 Å². The summed E-state index contributed by atoms with van der Waals surface area (Å²) in [4.78, 5) is 12.1. The minimum absolute atomic E-state index is 0. The number of para-hydroxylation sites is 2. The van der Waals surface area contributed by atoms with Crippen LogP contribution in [-0.4, -0.2) is 37.7 Å². The number of amides is 1. The summed E-state index contributed by atoms with van der Waals surface area (Å²) < 4.78 is 11.2. The molecule has 0 spiro atoms. The van der Waals surface area contributed by atoms with Crippen LogP contribution in [0.15, 0.2) is 24.3 Å². The topological polar surface area (TPSA) is 59.6 Å². The summed E-state index contributed by atoms with van der Waals surface area (Å²) in [6.07, 6.45) is 1.55. The van der Waals surface area contributed by atoms with Crippen molar-refractivity contribution in [1.29, 1.82) is 0 Å². The summed E-state index contributed by atoms with van der Waals surface area (Å²) in [5.74, 6) is 1.24. The summed E-state index contributed by atoms with van der Waals surface area (Å²) in [6, 6.07) is 7.61. The third kappa shape index (κ3) is 3.35. The number of nitrogens with one attached hydrogen (secondary N) is 2. The van der Waals surface area contributed by atoms with Gasteiger partial charge >= 0.3 is 0 Å². The Morgan fingerprint density at radius 2 is 2.10 bits per heavy atom. The number of piperidine rings is 1. The Bertz CT molecular complexity index is 463. The van der Waals surface area contributed by atoms with Crippen molar-refractivity contribution in [2.75, 3.05) is 19.7 Å². The second-order valence-corrected chi connectivity index (χ2v) is 4.92. The van der Waals surface area contributed by atoms with Gasteiger partial charge in [-0.25, -0.2) is 0 Å². The van der Waals surface area contributed by atoms with Crippen LogP contribution < -0.4 is 20.1 Å². The predicted octanol–water partition coefficient (Wildman–Crippen LogP) is 1.12. The highest BCUT2D eigenvalue weighted by molar-refractivity contribution is 5.85. The average molecular weight is 299 g/mol. The second-order valence-electron chi connectivity index (χ2n) is 4.92. The SMILES string of the molecule is Cl.O=C(N[C@H]1CCCNC1)C1COc2ccccc2O1. The molecule has 2 aliphatic rings. The van der Waals surface area contributed by atoms with Crippen LogP contribution in [0.5, 0.6) is 11.5 Å². The minimum atomic E-state index is -0.558. The lowest BCUT2D eigenvalue weighted by Crippen LogP contribution is -2.51. The summed E-state index contributed by atoms with van der Waals surface area (Å²) in [6.45, 7) is 2.13. The number of ether oxygens (including phenoxy) is 2. The van der Waals surface area contributed by atoms with Crippen molar-refractivity contribution in [3.8, 4) is 11.5 Å². The fourth-order valence-corrected chi connectivity index (χ4v) is 2.42. The van der Waals surface area contributed by atoms with E-state index in [-0.39, 0.29) is 31.0 Å². The van der Waals surface area contributed by atoms with Crippen LogP contribution in [0.3, 0.4) is 0 Å². The largest absolute Gasteiger partial charge is 0.485 e. The molecule has 3 rings (SSSR count). The molecular weight excluding hydrogens is 280 g/mol. The Balaban J connectivity index is 0.00000147. The zero-order valence-corrected chi connectivity index (χ0v) is 11.9. The highest BCUT2D eigenvalue weighted by atomic mass is 35.5. The van der Waals surface area contributed by atoms with Gasteiger partial charge in [0.1, 0.15) is 6.61 Å². The van der Waals surface area contributed by atoms with E-state index in [0.717, 1.165) is 25.9 Å². The van der Waals surface area contributed by atoms with Crippen LogP contribution in [-0.2, 0) is 4.79 Å². The van der Waals surface area contributed by atoms with Gasteiger partial charge in [-0.3, -0.25) is 4.79 Å². The van der Waals surface area contributed by atoms with Crippen LogP contribution in [0.1, 0.15) is 12.8 Å². The molecule has 2 N–H and O–H groups in total. The molecule has 20 heavy (non-hydrogen) atoms. The normalized spacial score (nSPS) is 24.4. The van der Waals surface area contributed by atoms with Crippen molar-refractivity contribution < 1.29 is 14.3 Å². The van der Waals surface area contributed by atoms with Crippen LogP contribution in [0, 0.1) is 0 Å². The van der Waals surface area contributed by atoms with E-state index in [9.17, 15) is 4.79 Å². The molecule has 110 valence electrons. The number of hydrogen-bond acceptors (Lipinski definition) is 4. The van der Waals surface area contributed by atoms with Gasteiger partial charge in [-0.1, -0.05) is 12.1 Å². The molecule has 1 amide bonds. The Hall–Kier alpha value is -1.46. The Morgan fingerprint density at radius 3 is 2.85 bits per heavy atom. The molecule has 5 nitrogen and oxygen atoms in total. The van der Waals surface area contributed by atoms with Gasteiger partial charge in [0.15, 0.2) is 11.5 Å². The smallest absolute Gasteiger partial charge is 0.264 e. The lowest BCUT2D eigenvalue weighted by molar-refractivity contribution is -0.131. The summed E-state index contributed by atoms with van der Waals surface area (Å²) in [5, 5.41) is 6.28. The van der Waals surface area contributed by atoms with Gasteiger partial charge in [0.25, 0.3) is 5.91 Å². The molecule has 1 unspecified atom stereocenters. The Morgan fingerprint density at radius 1 is 1.30 bits per heavy atom. The summed E-state index contributed by atoms with van der Waals surface area (Å²) in [5.41, 5.74) is 0. The van der Waals surface area contributed by atoms with Gasteiger partial charge in [-0.15, -0.1) is 12.4 Å². The number of fused-ring (bicyclic) bond motifs is 1. The first-order chi connectivity index (χ1) is 9.33. The third-order valence-corrected chi connectivity index (χ3v) is 3.44. The van der Waals surface area contributed by atoms with Crippen LogP contribution >= 0.6 is 12.4 Å². The monoisotopic (exact) mass is 298 g/mol. The van der Waals surface area contributed by atoms with Gasteiger partial charge < -0.3 is 20.1 Å². The van der Waals surface area contributed by atoms with Gasteiger partial charge in [-0.05, 0) is 31.5 Å². The number of carbonyl (C=O) groups is 1. The van der Waals surface area contributed by atoms with E-state index in [0.29, 0.717) is 11.5 Å². The van der Waals surface area contributed by atoms with E-state index in [1.165, 1.54) is 0 Å². The number of carbonyl (C=O) groups excluding carboxylic acids is 1. The van der Waals surface area contributed by atoms with E-state index >= 15 is 0 Å². The van der Waals surface area contributed by atoms with Crippen molar-refractivity contribution in [1.82, 2.24) is 10.6 Å². The first-order valence-electron chi connectivity index (χ1n) is 6.72. The van der Waals surface area contributed by atoms with Crippen molar-refractivity contribution in [3.05, 3.63) is 24.3 Å². The van der Waals surface area contributed by atoms with Crippen molar-refractivity contribution >= 4 is 18.3 Å². The van der Waals surface area contributed by atoms with E-state index < -0.39 is 6.10 Å². The maximum atomic E-state index is 12.1. The van der Waals surface area contributed by atoms with E-state index in [2.05, 4.69) is 10.6 Å². The number of rotatable bonds is 2. The maximum absolute atomic E-state index is 12.1. The molecule has 0 saturated carbocycles. The lowest BCUT2D eigenvalue weighted by Gasteiger charge is -2.29. The first kappa shape index (κ1) is 14.9. The molecule has 1 fully saturated rings. The molecule has 1 aromatic rings. The number of hydrogen-bond donors (Lipinski definition) is 2. The second kappa shape index (κ2) is 6.81. The van der Waals surface area contributed by atoms with Gasteiger partial charge in [0.2, 0.25) is 6.10 Å². The highest BCUT2D eigenvalue weighted by Crippen LogP contribution is 2.30. The molecule has 2 aliphatic heterocycles. The molecular formula is C14H19ClN2O3. The fraction of sp³-hybridized carbons (Fsp3) is 0.500. The summed E-state index contributed by atoms with van der Waals surface area (Å²) in [7, 11) is 0. The molecule has 6 heteroatoms. The molecule has 2 atom stereocenters. The average Bonchev–Trinajstić information content (AvgIpc) is 2.48. The number of halogens is 1. The van der Waals surface area contributed by atoms with Crippen molar-refractivity contribution in [2.24, 2.45) is 0 Å². The zero-order chi connectivity index (χ0) is 13.1. The minimum Gasteiger partial charge on any atom is -0.485 e. The Kier molecular flexibility index (Phi) is 5.09. The standard InChI is InChI=1S/C14H18N2O3.ClH/c17-14(16-10-4-3-7-15-8-10)13-9-18-11-5-1-2-6-12(11)19-13;/h1-2,5-6,10,13,15H,3-4,7-9H2,(H,16,17);1H/t10-,13?;/m0./s1. The molecule has 0 aliphatic carbocycles. The highest BCUT2D eigenvalue weighted by Gasteiger charge is 2.28. The number of benzene rings is 1. The van der Waals surface area contributed by atoms with E-state index in [1.807, 2.05) is 24.3 Å². The summed E-state index contributed by atoms with van der Waals surface area (Å²) >= 11 is 0. The van der Waals surface area contributed by atoms with Gasteiger partial charge in [0.05, 0.1) is 0 Å². The van der Waals surface area contributed by atoms with Crippen LogP contribution in [0.25, 0.3) is 0 Å². The molecule has 2 heterocycles. The maximum Gasteiger partial charge on any atom is 0.264 e. The van der Waals surface area contributed by atoms with Crippen LogP contribution in [0.4, 0.5) is 0 Å². The molecule has 0 radical (unpaired) electrons. The van der Waals surface area contributed by atoms with Crippen molar-refractivity contribution in [2.45, 2.75) is 25.0 Å². The molecule has 0 bridgehead atoms. The Labute approximate surface area is 124 Å². The fourth-order valence-electron chi connectivity index (χ4n) is 2.42. The lowest BCUT2D eigenvalue weighted by atomic mass is 10.1. The third-order valence-electron chi connectivity index (χ3n) is 3.44. The van der Waals surface area contributed by atoms with E-state index in [1.54, 1.807) is 0 Å². The molecule has 1 aromatic carbocycles. The molecule has 1 saturated heterocycles. The van der Waals surface area contributed by atoms with E-state index in [4.69, 9.17) is 9.47 Å². The van der Waals surface area contributed by atoms with Gasteiger partial charge in [-0.2, -0.15) is 0 Å².